The van der Waals surface area contributed by atoms with Gasteiger partial charge in [0, 0.05) is 31.0 Å². The first-order valence-electron chi connectivity index (χ1n) is 7.91. The highest BCUT2D eigenvalue weighted by atomic mass is 16.5. The summed E-state index contributed by atoms with van der Waals surface area (Å²) in [7, 11) is 1.84. The number of aromatic nitrogens is 1. The van der Waals surface area contributed by atoms with E-state index in [0.29, 0.717) is 11.8 Å². The van der Waals surface area contributed by atoms with Crippen molar-refractivity contribution < 1.29 is 4.74 Å². The Morgan fingerprint density at radius 3 is 3.05 bits per heavy atom. The second-order valence-corrected chi connectivity index (χ2v) is 6.69. The Hall–Kier alpha value is -0.930. The minimum Gasteiger partial charge on any atom is -0.377 e. The first-order valence-corrected chi connectivity index (χ1v) is 7.91. The van der Waals surface area contributed by atoms with Crippen LogP contribution >= 0.6 is 0 Å². The molecule has 1 heterocycles. The van der Waals surface area contributed by atoms with Gasteiger partial charge in [0.1, 0.15) is 0 Å². The van der Waals surface area contributed by atoms with Crippen LogP contribution in [0.15, 0.2) is 18.3 Å². The number of rotatable bonds is 3. The maximum atomic E-state index is 6.71. The van der Waals surface area contributed by atoms with Crippen molar-refractivity contribution in [3.05, 3.63) is 29.6 Å². The van der Waals surface area contributed by atoms with Crippen LogP contribution in [0.25, 0.3) is 0 Å². The Morgan fingerprint density at radius 1 is 1.45 bits per heavy atom. The molecule has 3 nitrogen and oxygen atoms in total. The summed E-state index contributed by atoms with van der Waals surface area (Å²) in [5, 5.41) is 0. The SMILES string of the molecule is COC1(C(N)C2CCc3cccnc32)CCCC(C)C1. The summed E-state index contributed by atoms with van der Waals surface area (Å²) >= 11 is 0. The molecule has 0 spiro atoms. The van der Waals surface area contributed by atoms with Gasteiger partial charge in [-0.2, -0.15) is 0 Å². The number of hydrogen-bond acceptors (Lipinski definition) is 3. The molecular weight excluding hydrogens is 248 g/mol. The summed E-state index contributed by atoms with van der Waals surface area (Å²) in [4.78, 5) is 4.61. The Balaban J connectivity index is 1.86. The molecule has 3 rings (SSSR count). The molecule has 0 amide bonds. The van der Waals surface area contributed by atoms with Crippen LogP contribution in [0, 0.1) is 5.92 Å². The largest absolute Gasteiger partial charge is 0.377 e. The van der Waals surface area contributed by atoms with Gasteiger partial charge in [-0.1, -0.05) is 25.8 Å². The average molecular weight is 274 g/mol. The summed E-state index contributed by atoms with van der Waals surface area (Å²) in [5.74, 6) is 1.07. The van der Waals surface area contributed by atoms with Gasteiger partial charge >= 0.3 is 0 Å². The monoisotopic (exact) mass is 274 g/mol. The highest BCUT2D eigenvalue weighted by Crippen LogP contribution is 2.44. The molecule has 2 aliphatic rings. The van der Waals surface area contributed by atoms with Gasteiger partial charge in [0.2, 0.25) is 0 Å². The molecule has 4 atom stereocenters. The molecule has 2 aliphatic carbocycles. The standard InChI is InChI=1S/C17H26N2O/c1-12-5-3-9-17(11-12,20-2)16(18)14-8-7-13-6-4-10-19-15(13)14/h4,6,10,12,14,16H,3,5,7-9,11,18H2,1-2H3. The van der Waals surface area contributed by atoms with Crippen molar-refractivity contribution in [3.8, 4) is 0 Å². The van der Waals surface area contributed by atoms with Crippen LogP contribution in [0.1, 0.15) is 56.2 Å². The van der Waals surface area contributed by atoms with E-state index in [0.717, 1.165) is 25.7 Å². The Labute approximate surface area is 121 Å². The first-order chi connectivity index (χ1) is 9.66. The fraction of sp³-hybridized carbons (Fsp3) is 0.706. The van der Waals surface area contributed by atoms with Crippen LogP contribution in [-0.4, -0.2) is 23.7 Å². The molecule has 4 unspecified atom stereocenters. The third kappa shape index (κ3) is 2.27. The molecule has 0 bridgehead atoms. The lowest BCUT2D eigenvalue weighted by atomic mass is 9.71. The van der Waals surface area contributed by atoms with Gasteiger partial charge < -0.3 is 10.5 Å². The molecule has 1 aromatic heterocycles. The van der Waals surface area contributed by atoms with Crippen LogP contribution in [0.2, 0.25) is 0 Å². The van der Waals surface area contributed by atoms with Crippen molar-refractivity contribution in [1.29, 1.82) is 0 Å². The second kappa shape index (κ2) is 5.45. The highest BCUT2D eigenvalue weighted by molar-refractivity contribution is 5.31. The summed E-state index contributed by atoms with van der Waals surface area (Å²) in [5.41, 5.74) is 9.16. The minimum absolute atomic E-state index is 0.0615. The van der Waals surface area contributed by atoms with Gasteiger partial charge in [-0.15, -0.1) is 0 Å². The van der Waals surface area contributed by atoms with Gasteiger partial charge in [-0.3, -0.25) is 4.98 Å². The van der Waals surface area contributed by atoms with E-state index >= 15 is 0 Å². The maximum Gasteiger partial charge on any atom is 0.0837 e. The predicted molar refractivity (Wildman–Crippen MR) is 80.6 cm³/mol. The summed E-state index contributed by atoms with van der Waals surface area (Å²) in [6.45, 7) is 2.32. The van der Waals surface area contributed by atoms with E-state index in [4.69, 9.17) is 10.5 Å². The highest BCUT2D eigenvalue weighted by Gasteiger charge is 2.45. The van der Waals surface area contributed by atoms with Crippen molar-refractivity contribution in [3.63, 3.8) is 0 Å². The normalized spacial score (nSPS) is 34.8. The lowest BCUT2D eigenvalue weighted by Gasteiger charge is -2.45. The lowest BCUT2D eigenvalue weighted by molar-refractivity contribution is -0.0763. The molecule has 0 radical (unpaired) electrons. The second-order valence-electron chi connectivity index (χ2n) is 6.69. The zero-order chi connectivity index (χ0) is 14.2. The van der Waals surface area contributed by atoms with Crippen LogP contribution in [0.4, 0.5) is 0 Å². The number of ether oxygens (including phenoxy) is 1. The van der Waals surface area contributed by atoms with Crippen molar-refractivity contribution >= 4 is 0 Å². The molecule has 1 saturated carbocycles. The Kier molecular flexibility index (Phi) is 3.83. The Morgan fingerprint density at radius 2 is 2.30 bits per heavy atom. The van der Waals surface area contributed by atoms with Gasteiger partial charge in [0.05, 0.1) is 5.60 Å². The van der Waals surface area contributed by atoms with Gasteiger partial charge in [-0.25, -0.2) is 0 Å². The van der Waals surface area contributed by atoms with E-state index in [1.165, 1.54) is 24.1 Å². The smallest absolute Gasteiger partial charge is 0.0837 e. The number of nitrogens with two attached hydrogens (primary N) is 1. The molecule has 0 aliphatic heterocycles. The number of methoxy groups -OCH3 is 1. The first kappa shape index (κ1) is 14.0. The van der Waals surface area contributed by atoms with Gasteiger partial charge in [-0.05, 0) is 43.2 Å². The van der Waals surface area contributed by atoms with Crippen molar-refractivity contribution in [1.82, 2.24) is 4.98 Å². The zero-order valence-electron chi connectivity index (χ0n) is 12.6. The van der Waals surface area contributed by atoms with Crippen molar-refractivity contribution in [2.24, 2.45) is 11.7 Å². The number of pyridine rings is 1. The summed E-state index contributed by atoms with van der Waals surface area (Å²) in [6, 6.07) is 4.28. The molecule has 2 N–H and O–H groups in total. The number of hydrogen-bond donors (Lipinski definition) is 1. The Bertz CT molecular complexity index is 476. The van der Waals surface area contributed by atoms with E-state index in [-0.39, 0.29) is 11.6 Å². The van der Waals surface area contributed by atoms with Crippen molar-refractivity contribution in [2.75, 3.05) is 7.11 Å². The molecule has 0 aromatic carbocycles. The van der Waals surface area contributed by atoms with E-state index < -0.39 is 0 Å². The molecule has 0 saturated heterocycles. The number of fused-ring (bicyclic) bond motifs is 1. The van der Waals surface area contributed by atoms with E-state index in [9.17, 15) is 0 Å². The third-order valence-electron chi connectivity index (χ3n) is 5.44. The van der Waals surface area contributed by atoms with Crippen LogP contribution in [-0.2, 0) is 11.2 Å². The number of nitrogens with zero attached hydrogens (tertiary/aromatic N) is 1. The zero-order valence-corrected chi connectivity index (χ0v) is 12.6. The summed E-state index contributed by atoms with van der Waals surface area (Å²) in [6.07, 6.45) is 8.83. The van der Waals surface area contributed by atoms with E-state index in [2.05, 4.69) is 18.0 Å². The van der Waals surface area contributed by atoms with E-state index in [1.807, 2.05) is 19.4 Å². The fourth-order valence-corrected chi connectivity index (χ4v) is 4.33. The average Bonchev–Trinajstić information content (AvgIpc) is 2.90. The molecular formula is C17H26N2O. The molecule has 3 heteroatoms. The van der Waals surface area contributed by atoms with E-state index in [1.54, 1.807) is 0 Å². The fourth-order valence-electron chi connectivity index (χ4n) is 4.33. The minimum atomic E-state index is -0.151. The summed E-state index contributed by atoms with van der Waals surface area (Å²) < 4.78 is 5.99. The van der Waals surface area contributed by atoms with Crippen LogP contribution < -0.4 is 5.73 Å². The maximum absolute atomic E-state index is 6.71. The van der Waals surface area contributed by atoms with Crippen LogP contribution in [0.3, 0.4) is 0 Å². The van der Waals surface area contributed by atoms with Gasteiger partial charge in [0.15, 0.2) is 0 Å². The third-order valence-corrected chi connectivity index (χ3v) is 5.44. The molecule has 110 valence electrons. The topological polar surface area (TPSA) is 48.1 Å². The van der Waals surface area contributed by atoms with Gasteiger partial charge in [0.25, 0.3) is 0 Å². The quantitative estimate of drug-likeness (QED) is 0.921. The molecule has 20 heavy (non-hydrogen) atoms. The number of aryl methyl sites for hydroxylation is 1. The predicted octanol–water partition coefficient (Wildman–Crippen LogP) is 3.03. The van der Waals surface area contributed by atoms with Crippen LogP contribution in [0.5, 0.6) is 0 Å². The molecule has 1 aromatic rings. The lowest BCUT2D eigenvalue weighted by Crippen LogP contribution is -2.54. The molecule has 1 fully saturated rings. The van der Waals surface area contributed by atoms with Crippen molar-refractivity contribution in [2.45, 2.75) is 63.0 Å².